The van der Waals surface area contributed by atoms with Crippen LogP contribution in [0.2, 0.25) is 0 Å². The van der Waals surface area contributed by atoms with E-state index in [9.17, 15) is 8.42 Å². The number of hydrazine groups is 1. The quantitative estimate of drug-likeness (QED) is 0.851. The monoisotopic (exact) mass is 261 g/mol. The van der Waals surface area contributed by atoms with Crippen molar-refractivity contribution in [1.82, 2.24) is 9.84 Å². The number of nitrogen functional groups attached to an aromatic ring is 1. The van der Waals surface area contributed by atoms with Gasteiger partial charge in [-0.05, 0) is 18.9 Å². The first-order chi connectivity index (χ1) is 7.58. The molecule has 0 bridgehead atoms. The van der Waals surface area contributed by atoms with Crippen molar-refractivity contribution in [3.05, 3.63) is 11.4 Å². The number of anilines is 1. The van der Waals surface area contributed by atoms with Crippen LogP contribution in [0.1, 0.15) is 19.3 Å². The van der Waals surface area contributed by atoms with Gasteiger partial charge in [-0.15, -0.1) is 16.2 Å². The van der Waals surface area contributed by atoms with Gasteiger partial charge in [0.2, 0.25) is 0 Å². The lowest BCUT2D eigenvalue weighted by Crippen LogP contribution is -2.44. The molecule has 90 valence electrons. The summed E-state index contributed by atoms with van der Waals surface area (Å²) >= 11 is 1.14. The van der Waals surface area contributed by atoms with Crippen LogP contribution in [0.15, 0.2) is 15.7 Å². The molecule has 1 aliphatic rings. The number of nitrogens with two attached hydrogens (primary N) is 1. The van der Waals surface area contributed by atoms with Crippen LogP contribution in [-0.4, -0.2) is 26.5 Å². The zero-order valence-electron chi connectivity index (χ0n) is 8.85. The lowest BCUT2D eigenvalue weighted by Gasteiger charge is -2.26. The lowest BCUT2D eigenvalue weighted by atomic mass is 10.2. The van der Waals surface area contributed by atoms with Crippen LogP contribution in [-0.2, 0) is 10.0 Å². The van der Waals surface area contributed by atoms with E-state index in [0.29, 0.717) is 5.69 Å². The van der Waals surface area contributed by atoms with Crippen molar-refractivity contribution < 1.29 is 8.42 Å². The van der Waals surface area contributed by atoms with Gasteiger partial charge in [0.15, 0.2) is 0 Å². The highest BCUT2D eigenvalue weighted by atomic mass is 32.2. The fourth-order valence-corrected chi connectivity index (χ4v) is 3.86. The third kappa shape index (κ3) is 2.73. The minimum Gasteiger partial charge on any atom is -0.398 e. The third-order valence-electron chi connectivity index (χ3n) is 2.47. The molecule has 1 aromatic heterocycles. The van der Waals surface area contributed by atoms with Gasteiger partial charge in [0, 0.05) is 24.2 Å². The Morgan fingerprint density at radius 2 is 2.00 bits per heavy atom. The van der Waals surface area contributed by atoms with Crippen molar-refractivity contribution in [1.29, 1.82) is 0 Å². The molecule has 3 N–H and O–H groups in total. The fourth-order valence-electron chi connectivity index (χ4n) is 1.67. The van der Waals surface area contributed by atoms with Gasteiger partial charge in [0.25, 0.3) is 10.0 Å². The molecule has 0 saturated carbocycles. The Kier molecular flexibility index (Phi) is 3.48. The van der Waals surface area contributed by atoms with Crippen LogP contribution in [0.4, 0.5) is 5.69 Å². The van der Waals surface area contributed by atoms with E-state index < -0.39 is 10.0 Å². The molecular weight excluding hydrogens is 246 g/mol. The number of nitrogens with one attached hydrogen (secondary N) is 1. The molecule has 0 atom stereocenters. The highest BCUT2D eigenvalue weighted by Gasteiger charge is 2.21. The number of nitrogens with zero attached hydrogens (tertiary/aromatic N) is 1. The largest absolute Gasteiger partial charge is 0.398 e. The number of piperidine rings is 1. The van der Waals surface area contributed by atoms with Gasteiger partial charge in [-0.2, -0.15) is 0 Å². The van der Waals surface area contributed by atoms with Gasteiger partial charge < -0.3 is 5.73 Å². The maximum absolute atomic E-state index is 11.9. The molecule has 2 heterocycles. The molecule has 1 aromatic rings. The molecule has 2 rings (SSSR count). The molecule has 16 heavy (non-hydrogen) atoms. The van der Waals surface area contributed by atoms with E-state index in [2.05, 4.69) is 4.83 Å². The lowest BCUT2D eigenvalue weighted by molar-refractivity contribution is 0.200. The number of rotatable bonds is 3. The zero-order chi connectivity index (χ0) is 11.6. The first kappa shape index (κ1) is 11.8. The molecule has 1 aliphatic heterocycles. The van der Waals surface area contributed by atoms with Gasteiger partial charge in [0.1, 0.15) is 4.21 Å². The molecule has 7 heteroatoms. The number of hydrogen-bond acceptors (Lipinski definition) is 5. The van der Waals surface area contributed by atoms with E-state index in [-0.39, 0.29) is 4.21 Å². The molecule has 5 nitrogen and oxygen atoms in total. The highest BCUT2D eigenvalue weighted by Crippen LogP contribution is 2.21. The molecule has 0 aromatic carbocycles. The van der Waals surface area contributed by atoms with Crippen molar-refractivity contribution in [2.24, 2.45) is 0 Å². The zero-order valence-corrected chi connectivity index (χ0v) is 10.5. The van der Waals surface area contributed by atoms with Crippen LogP contribution in [0.3, 0.4) is 0 Å². The Bertz CT molecular complexity index is 449. The minimum absolute atomic E-state index is 0.274. The molecule has 1 fully saturated rings. The molecule has 0 amide bonds. The fraction of sp³-hybridized carbons (Fsp3) is 0.556. The summed E-state index contributed by atoms with van der Waals surface area (Å²) in [5.74, 6) is 0. The van der Waals surface area contributed by atoms with E-state index >= 15 is 0 Å². The van der Waals surface area contributed by atoms with Crippen molar-refractivity contribution in [2.45, 2.75) is 23.5 Å². The van der Waals surface area contributed by atoms with Crippen LogP contribution in [0.25, 0.3) is 0 Å². The Morgan fingerprint density at radius 3 is 2.56 bits per heavy atom. The normalized spacial score (nSPS) is 18.8. The van der Waals surface area contributed by atoms with Crippen LogP contribution in [0.5, 0.6) is 0 Å². The number of sulfonamides is 1. The molecule has 0 aliphatic carbocycles. The van der Waals surface area contributed by atoms with Gasteiger partial charge in [-0.1, -0.05) is 6.42 Å². The molecular formula is C9H15N3O2S2. The highest BCUT2D eigenvalue weighted by molar-refractivity contribution is 7.91. The van der Waals surface area contributed by atoms with Crippen LogP contribution < -0.4 is 10.6 Å². The Morgan fingerprint density at radius 1 is 1.31 bits per heavy atom. The van der Waals surface area contributed by atoms with Crippen molar-refractivity contribution >= 4 is 27.0 Å². The summed E-state index contributed by atoms with van der Waals surface area (Å²) in [5.41, 5.74) is 6.00. The summed E-state index contributed by atoms with van der Waals surface area (Å²) in [5, 5.41) is 3.39. The second-order valence-electron chi connectivity index (χ2n) is 3.84. The van der Waals surface area contributed by atoms with E-state index in [1.54, 1.807) is 10.4 Å². The van der Waals surface area contributed by atoms with E-state index in [0.717, 1.165) is 37.3 Å². The average molecular weight is 261 g/mol. The molecule has 0 radical (unpaired) electrons. The predicted octanol–water partition coefficient (Wildman–Crippen LogP) is 1.01. The maximum atomic E-state index is 11.9. The topological polar surface area (TPSA) is 75.4 Å². The summed E-state index contributed by atoms with van der Waals surface area (Å²) in [6, 6.07) is 1.48. The van der Waals surface area contributed by atoms with Crippen LogP contribution in [0, 0.1) is 0 Å². The smallest absolute Gasteiger partial charge is 0.263 e. The Balaban J connectivity index is 2.07. The van der Waals surface area contributed by atoms with E-state index in [4.69, 9.17) is 5.73 Å². The standard InChI is InChI=1S/C9H15N3O2S2/c10-8-6-9(15-7-8)16(13,14)11-12-4-2-1-3-5-12/h6-7,11H,1-5,10H2. The second-order valence-corrected chi connectivity index (χ2v) is 6.64. The molecule has 0 spiro atoms. The number of thiophene rings is 1. The van der Waals surface area contributed by atoms with Crippen molar-refractivity contribution in [3.8, 4) is 0 Å². The van der Waals surface area contributed by atoms with Crippen LogP contribution >= 0.6 is 11.3 Å². The second kappa shape index (κ2) is 4.70. The summed E-state index contributed by atoms with van der Waals surface area (Å²) in [6.45, 7) is 1.56. The van der Waals surface area contributed by atoms with Gasteiger partial charge in [-0.3, -0.25) is 0 Å². The van der Waals surface area contributed by atoms with Gasteiger partial charge in [-0.25, -0.2) is 13.4 Å². The summed E-state index contributed by atoms with van der Waals surface area (Å²) in [4.78, 5) is 2.59. The molecule has 0 unspecified atom stereocenters. The summed E-state index contributed by atoms with van der Waals surface area (Å²) in [6.07, 6.45) is 3.24. The minimum atomic E-state index is -3.42. The third-order valence-corrected chi connectivity index (χ3v) is 5.30. The summed E-state index contributed by atoms with van der Waals surface area (Å²) in [7, 11) is -3.42. The van der Waals surface area contributed by atoms with Gasteiger partial charge in [0.05, 0.1) is 0 Å². The van der Waals surface area contributed by atoms with Gasteiger partial charge >= 0.3 is 0 Å². The molecule has 1 saturated heterocycles. The maximum Gasteiger partial charge on any atom is 0.263 e. The average Bonchev–Trinajstić information content (AvgIpc) is 2.66. The number of hydrogen-bond donors (Lipinski definition) is 2. The Labute approximate surface area is 99.3 Å². The Hall–Kier alpha value is -0.630. The first-order valence-electron chi connectivity index (χ1n) is 5.19. The predicted molar refractivity (Wildman–Crippen MR) is 64.5 cm³/mol. The van der Waals surface area contributed by atoms with E-state index in [1.807, 2.05) is 0 Å². The van der Waals surface area contributed by atoms with E-state index in [1.165, 1.54) is 12.5 Å². The summed E-state index contributed by atoms with van der Waals surface area (Å²) < 4.78 is 24.1. The SMILES string of the molecule is Nc1csc(S(=O)(=O)NN2CCCCC2)c1. The van der Waals surface area contributed by atoms with Crippen molar-refractivity contribution in [2.75, 3.05) is 18.8 Å². The van der Waals surface area contributed by atoms with Crippen molar-refractivity contribution in [3.63, 3.8) is 0 Å². The first-order valence-corrected chi connectivity index (χ1v) is 7.55.